The van der Waals surface area contributed by atoms with E-state index < -0.39 is 0 Å². The van der Waals surface area contributed by atoms with Crippen molar-refractivity contribution in [3.8, 4) is 0 Å². The molecule has 0 spiro atoms. The molecule has 1 atom stereocenters. The van der Waals surface area contributed by atoms with Gasteiger partial charge in [0.2, 0.25) is 5.91 Å². The number of fused-ring (bicyclic) bond motifs is 1. The van der Waals surface area contributed by atoms with E-state index >= 15 is 0 Å². The highest BCUT2D eigenvalue weighted by atomic mass is 16.3. The average Bonchev–Trinajstić information content (AvgIpc) is 3.14. The minimum atomic E-state index is 0.0228. The Kier molecular flexibility index (Phi) is 5.92. The number of carbonyl (C=O) groups is 1. The van der Waals surface area contributed by atoms with Gasteiger partial charge in [0.25, 0.3) is 0 Å². The molecule has 0 aliphatic rings. The Labute approximate surface area is 167 Å². The third-order valence-corrected chi connectivity index (χ3v) is 5.25. The summed E-state index contributed by atoms with van der Waals surface area (Å²) in [4.78, 5) is 12.5. The predicted octanol–water partition coefficient (Wildman–Crippen LogP) is 4.67. The van der Waals surface area contributed by atoms with Gasteiger partial charge in [0.05, 0.1) is 18.4 Å². The molecular weight excluding hydrogens is 350 g/mol. The molecule has 3 rings (SSSR count). The fourth-order valence-corrected chi connectivity index (χ4v) is 3.75. The van der Waals surface area contributed by atoms with Crippen LogP contribution in [0.3, 0.4) is 0 Å². The number of nitrogens with one attached hydrogen (secondary N) is 1. The maximum Gasteiger partial charge on any atom is 0.224 e. The molecular formula is C23H31N3O2. The summed E-state index contributed by atoms with van der Waals surface area (Å²) in [5, 5.41) is 8.59. The maximum absolute atomic E-state index is 12.5. The molecule has 3 aromatic rings. The van der Waals surface area contributed by atoms with Crippen molar-refractivity contribution in [1.82, 2.24) is 15.1 Å². The van der Waals surface area contributed by atoms with Gasteiger partial charge in [-0.15, -0.1) is 0 Å². The summed E-state index contributed by atoms with van der Waals surface area (Å²) in [5.41, 5.74) is 6.50. The van der Waals surface area contributed by atoms with E-state index in [2.05, 4.69) is 63.2 Å². The number of carbonyl (C=O) groups excluding carboxylic acids is 1. The van der Waals surface area contributed by atoms with Gasteiger partial charge in [-0.25, -0.2) is 0 Å². The summed E-state index contributed by atoms with van der Waals surface area (Å²) in [6.07, 6.45) is 2.05. The molecule has 0 saturated heterocycles. The lowest BCUT2D eigenvalue weighted by Gasteiger charge is -2.14. The third-order valence-electron chi connectivity index (χ3n) is 5.25. The van der Waals surface area contributed by atoms with Crippen molar-refractivity contribution in [1.29, 1.82) is 0 Å². The van der Waals surface area contributed by atoms with Crippen LogP contribution in [-0.4, -0.2) is 22.2 Å². The van der Waals surface area contributed by atoms with Gasteiger partial charge in [0.1, 0.15) is 5.58 Å². The average molecular weight is 382 g/mol. The summed E-state index contributed by atoms with van der Waals surface area (Å²) in [7, 11) is 0. The van der Waals surface area contributed by atoms with Crippen molar-refractivity contribution in [2.45, 2.75) is 60.4 Å². The number of nitrogens with zero attached hydrogens (tertiary/aromatic N) is 2. The molecule has 150 valence electrons. The van der Waals surface area contributed by atoms with Gasteiger partial charge in [-0.2, -0.15) is 5.10 Å². The van der Waals surface area contributed by atoms with Gasteiger partial charge in [0.15, 0.2) is 0 Å². The van der Waals surface area contributed by atoms with Gasteiger partial charge < -0.3 is 9.73 Å². The molecule has 2 heterocycles. The van der Waals surface area contributed by atoms with Crippen LogP contribution in [0.1, 0.15) is 54.8 Å². The van der Waals surface area contributed by atoms with Crippen molar-refractivity contribution >= 4 is 16.9 Å². The molecule has 0 saturated carbocycles. The minimum absolute atomic E-state index is 0.0228. The maximum atomic E-state index is 12.5. The van der Waals surface area contributed by atoms with E-state index in [1.165, 1.54) is 11.1 Å². The first kappa shape index (κ1) is 20.2. The normalized spacial score (nSPS) is 12.7. The summed E-state index contributed by atoms with van der Waals surface area (Å²) < 4.78 is 7.70. The zero-order valence-corrected chi connectivity index (χ0v) is 17.8. The van der Waals surface area contributed by atoms with Gasteiger partial charge in [-0.1, -0.05) is 20.8 Å². The molecule has 5 nitrogen and oxygen atoms in total. The summed E-state index contributed by atoms with van der Waals surface area (Å²) >= 11 is 0. The van der Waals surface area contributed by atoms with Crippen LogP contribution in [0.15, 0.2) is 28.9 Å². The monoisotopic (exact) mass is 381 g/mol. The Morgan fingerprint density at radius 2 is 1.93 bits per heavy atom. The van der Waals surface area contributed by atoms with Crippen molar-refractivity contribution in [2.24, 2.45) is 5.92 Å². The number of hydrogen-bond acceptors (Lipinski definition) is 3. The molecule has 5 heteroatoms. The van der Waals surface area contributed by atoms with Gasteiger partial charge in [-0.05, 0) is 61.9 Å². The van der Waals surface area contributed by atoms with Crippen LogP contribution < -0.4 is 5.32 Å². The van der Waals surface area contributed by atoms with Crippen LogP contribution >= 0.6 is 0 Å². The van der Waals surface area contributed by atoms with E-state index in [1.807, 2.05) is 11.6 Å². The Morgan fingerprint density at radius 1 is 1.18 bits per heavy atom. The largest absolute Gasteiger partial charge is 0.464 e. The quantitative estimate of drug-likeness (QED) is 0.647. The van der Waals surface area contributed by atoms with Gasteiger partial charge >= 0.3 is 0 Å². The van der Waals surface area contributed by atoms with E-state index in [0.717, 1.165) is 34.5 Å². The second kappa shape index (κ2) is 8.21. The molecule has 1 unspecified atom stereocenters. The second-order valence-electron chi connectivity index (χ2n) is 8.32. The lowest BCUT2D eigenvalue weighted by Crippen LogP contribution is -2.31. The highest BCUT2D eigenvalue weighted by molar-refractivity contribution is 5.88. The zero-order valence-electron chi connectivity index (χ0n) is 17.8. The van der Waals surface area contributed by atoms with Crippen molar-refractivity contribution < 1.29 is 9.21 Å². The molecule has 0 aliphatic carbocycles. The smallest absolute Gasteiger partial charge is 0.224 e. The zero-order chi connectivity index (χ0) is 20.4. The van der Waals surface area contributed by atoms with E-state index in [0.29, 0.717) is 24.8 Å². The molecule has 0 aliphatic heterocycles. The van der Waals surface area contributed by atoms with Gasteiger partial charge in [0, 0.05) is 29.7 Å². The molecule has 1 aromatic carbocycles. The number of furan rings is 1. The van der Waals surface area contributed by atoms with Gasteiger partial charge in [-0.3, -0.25) is 9.48 Å². The lowest BCUT2D eigenvalue weighted by molar-refractivity contribution is -0.120. The Balaban J connectivity index is 1.61. The first-order valence-corrected chi connectivity index (χ1v) is 10.0. The third kappa shape index (κ3) is 4.46. The number of rotatable bonds is 7. The van der Waals surface area contributed by atoms with Crippen LogP contribution in [0, 0.1) is 26.7 Å². The number of benzene rings is 1. The predicted molar refractivity (Wildman–Crippen MR) is 113 cm³/mol. The molecule has 1 N–H and O–H groups in total. The summed E-state index contributed by atoms with van der Waals surface area (Å²) in [6.45, 7) is 14.1. The standard InChI is InChI=1S/C23H31N3O2/c1-14(2)20-10-21-19(13-28-22(21)7-16(20)4)9-23(27)24-11-15(3)12-26-18(6)8-17(5)25-26/h7-8,10,13-15H,9,11-12H2,1-6H3,(H,24,27). The van der Waals surface area contributed by atoms with Crippen molar-refractivity contribution in [2.75, 3.05) is 6.54 Å². The number of amides is 1. The van der Waals surface area contributed by atoms with Crippen LogP contribution in [0.5, 0.6) is 0 Å². The molecule has 0 radical (unpaired) electrons. The SMILES string of the molecule is Cc1cc(C)n(CC(C)CNC(=O)Cc2coc3cc(C)c(C(C)C)cc23)n1. The number of aryl methyl sites for hydroxylation is 3. The first-order valence-electron chi connectivity index (χ1n) is 10.0. The topological polar surface area (TPSA) is 60.1 Å². The molecule has 0 fully saturated rings. The fraction of sp³-hybridized carbons (Fsp3) is 0.478. The minimum Gasteiger partial charge on any atom is -0.464 e. The van der Waals surface area contributed by atoms with E-state index in [9.17, 15) is 4.79 Å². The van der Waals surface area contributed by atoms with E-state index in [4.69, 9.17) is 4.42 Å². The molecule has 2 aromatic heterocycles. The highest BCUT2D eigenvalue weighted by Crippen LogP contribution is 2.29. The Bertz CT molecular complexity index is 981. The summed E-state index contributed by atoms with van der Waals surface area (Å²) in [6, 6.07) is 6.32. The van der Waals surface area contributed by atoms with Crippen LogP contribution in [0.25, 0.3) is 11.0 Å². The lowest BCUT2D eigenvalue weighted by atomic mass is 9.95. The molecule has 1 amide bonds. The van der Waals surface area contributed by atoms with Crippen LogP contribution in [0.4, 0.5) is 0 Å². The first-order chi connectivity index (χ1) is 13.2. The Hall–Kier alpha value is -2.56. The number of hydrogen-bond donors (Lipinski definition) is 1. The van der Waals surface area contributed by atoms with Crippen molar-refractivity contribution in [3.05, 3.63) is 52.5 Å². The second-order valence-corrected chi connectivity index (χ2v) is 8.32. The summed E-state index contributed by atoms with van der Waals surface area (Å²) in [5.74, 6) is 0.768. The molecule has 28 heavy (non-hydrogen) atoms. The van der Waals surface area contributed by atoms with Crippen LogP contribution in [-0.2, 0) is 17.8 Å². The fourth-order valence-electron chi connectivity index (χ4n) is 3.75. The van der Waals surface area contributed by atoms with E-state index in [-0.39, 0.29) is 5.91 Å². The highest BCUT2D eigenvalue weighted by Gasteiger charge is 2.15. The number of aromatic nitrogens is 2. The molecule has 0 bridgehead atoms. The Morgan fingerprint density at radius 3 is 2.57 bits per heavy atom. The van der Waals surface area contributed by atoms with E-state index in [1.54, 1.807) is 6.26 Å². The van der Waals surface area contributed by atoms with Crippen LogP contribution in [0.2, 0.25) is 0 Å². The van der Waals surface area contributed by atoms with Crippen molar-refractivity contribution in [3.63, 3.8) is 0 Å².